The summed E-state index contributed by atoms with van der Waals surface area (Å²) in [6.07, 6.45) is 1.76. The number of β-amino-alcohol motifs (C(OH)–C–C–N with tert-alkyl or cyclic N) is 1. The van der Waals surface area contributed by atoms with E-state index in [2.05, 4.69) is 15.3 Å². The molecule has 1 aromatic rings. The van der Waals surface area contributed by atoms with Crippen LogP contribution in [0.2, 0.25) is 5.15 Å². The van der Waals surface area contributed by atoms with Gasteiger partial charge in [0.05, 0.1) is 18.4 Å². The quantitative estimate of drug-likeness (QED) is 0.779. The van der Waals surface area contributed by atoms with E-state index in [1.807, 2.05) is 14.0 Å². The van der Waals surface area contributed by atoms with E-state index in [9.17, 15) is 5.11 Å². The molecule has 1 aliphatic heterocycles. The summed E-state index contributed by atoms with van der Waals surface area (Å²) in [5, 5.41) is 18.4. The highest BCUT2D eigenvalue weighted by molar-refractivity contribution is 6.30. The van der Waals surface area contributed by atoms with Crippen LogP contribution >= 0.6 is 11.6 Å². The van der Waals surface area contributed by atoms with Crippen molar-refractivity contribution in [1.29, 1.82) is 0 Å². The van der Waals surface area contributed by atoms with Crippen LogP contribution in [0.3, 0.4) is 0 Å². The van der Waals surface area contributed by atoms with Gasteiger partial charge in [-0.2, -0.15) is 5.10 Å². The minimum absolute atomic E-state index is 0.397. The highest BCUT2D eigenvalue weighted by Crippen LogP contribution is 2.19. The van der Waals surface area contributed by atoms with Gasteiger partial charge in [0.25, 0.3) is 0 Å². The van der Waals surface area contributed by atoms with Crippen molar-refractivity contribution >= 4 is 11.6 Å². The number of nitrogens with zero attached hydrogens (tertiary/aromatic N) is 3. The predicted molar refractivity (Wildman–Crippen MR) is 87.1 cm³/mol. The lowest BCUT2D eigenvalue weighted by Crippen LogP contribution is -2.45. The van der Waals surface area contributed by atoms with Crippen molar-refractivity contribution in [1.82, 2.24) is 20.0 Å². The third-order valence-corrected chi connectivity index (χ3v) is 4.73. The number of hydrogen-bond acceptors (Lipinski definition) is 5. The van der Waals surface area contributed by atoms with Crippen LogP contribution in [0.25, 0.3) is 0 Å². The monoisotopic (exact) mass is 330 g/mol. The second-order valence-electron chi connectivity index (χ2n) is 6.04. The topological polar surface area (TPSA) is 62.6 Å². The van der Waals surface area contributed by atoms with Crippen LogP contribution in [0.4, 0.5) is 0 Å². The van der Waals surface area contributed by atoms with Crippen LogP contribution in [-0.4, -0.2) is 65.3 Å². The molecule has 0 aliphatic carbocycles. The van der Waals surface area contributed by atoms with Crippen LogP contribution in [0.5, 0.6) is 0 Å². The molecule has 0 spiro atoms. The number of likely N-dealkylation sites (tertiary alicyclic amines) is 1. The number of halogens is 1. The van der Waals surface area contributed by atoms with Crippen LogP contribution < -0.4 is 5.32 Å². The van der Waals surface area contributed by atoms with Gasteiger partial charge in [-0.15, -0.1) is 0 Å². The lowest BCUT2D eigenvalue weighted by Gasteiger charge is -2.33. The second kappa shape index (κ2) is 8.26. The Morgan fingerprint density at radius 1 is 1.45 bits per heavy atom. The molecule has 1 saturated heterocycles. The molecular weight excluding hydrogens is 304 g/mol. The Labute approximate surface area is 137 Å². The first-order valence-corrected chi connectivity index (χ1v) is 8.19. The minimum Gasteiger partial charge on any atom is -0.389 e. The molecule has 2 N–H and O–H groups in total. The standard InChI is InChI=1S/C15H27ClN4O2/c1-11-14(15(16)19(2)18-11)8-17-12-4-6-20(7-5-12)9-13(21)10-22-3/h12-13,17,21H,4-10H2,1-3H3. The fraction of sp³-hybridized carbons (Fsp3) is 0.800. The van der Waals surface area contributed by atoms with Gasteiger partial charge in [0, 0.05) is 38.9 Å². The first kappa shape index (κ1) is 17.7. The number of aromatic nitrogens is 2. The van der Waals surface area contributed by atoms with E-state index in [1.54, 1.807) is 11.8 Å². The molecule has 1 unspecified atom stereocenters. The minimum atomic E-state index is -0.397. The van der Waals surface area contributed by atoms with E-state index in [4.69, 9.17) is 16.3 Å². The van der Waals surface area contributed by atoms with E-state index in [0.717, 1.165) is 43.7 Å². The molecule has 0 bridgehead atoms. The molecule has 1 aromatic heterocycles. The summed E-state index contributed by atoms with van der Waals surface area (Å²) < 4.78 is 6.68. The van der Waals surface area contributed by atoms with E-state index in [1.165, 1.54) is 0 Å². The summed E-state index contributed by atoms with van der Waals surface area (Å²) in [6, 6.07) is 0.492. The van der Waals surface area contributed by atoms with E-state index in [-0.39, 0.29) is 0 Å². The molecule has 1 fully saturated rings. The van der Waals surface area contributed by atoms with Crippen LogP contribution in [0, 0.1) is 6.92 Å². The maximum absolute atomic E-state index is 9.78. The third kappa shape index (κ3) is 4.67. The summed E-state index contributed by atoms with van der Waals surface area (Å²) in [6.45, 7) is 5.83. The Kier molecular flexibility index (Phi) is 6.65. The van der Waals surface area contributed by atoms with Gasteiger partial charge in [0.2, 0.25) is 0 Å². The summed E-state index contributed by atoms with van der Waals surface area (Å²) >= 11 is 6.25. The average Bonchev–Trinajstić information content (AvgIpc) is 2.72. The Morgan fingerprint density at radius 2 is 2.14 bits per heavy atom. The third-order valence-electron chi connectivity index (χ3n) is 4.25. The first-order chi connectivity index (χ1) is 10.5. The number of rotatable bonds is 7. The van der Waals surface area contributed by atoms with E-state index < -0.39 is 6.10 Å². The molecule has 2 rings (SSSR count). The van der Waals surface area contributed by atoms with Crippen molar-refractivity contribution in [3.05, 3.63) is 16.4 Å². The molecule has 1 atom stereocenters. The first-order valence-electron chi connectivity index (χ1n) is 7.82. The molecule has 2 heterocycles. The van der Waals surface area contributed by atoms with Crippen molar-refractivity contribution in [2.45, 2.75) is 38.5 Å². The SMILES string of the molecule is COCC(O)CN1CCC(NCc2c(C)nn(C)c2Cl)CC1. The van der Waals surface area contributed by atoms with Crippen molar-refractivity contribution in [3.63, 3.8) is 0 Å². The van der Waals surface area contributed by atoms with Gasteiger partial charge in [0.15, 0.2) is 0 Å². The summed E-state index contributed by atoms with van der Waals surface area (Å²) in [4.78, 5) is 2.30. The average molecular weight is 331 g/mol. The number of ether oxygens (including phenoxy) is 1. The zero-order valence-electron chi connectivity index (χ0n) is 13.7. The second-order valence-corrected chi connectivity index (χ2v) is 6.40. The lowest BCUT2D eigenvalue weighted by atomic mass is 10.0. The van der Waals surface area contributed by atoms with Gasteiger partial charge in [-0.25, -0.2) is 0 Å². The van der Waals surface area contributed by atoms with Gasteiger partial charge < -0.3 is 20.1 Å². The van der Waals surface area contributed by atoms with Crippen LogP contribution in [0.1, 0.15) is 24.1 Å². The highest BCUT2D eigenvalue weighted by Gasteiger charge is 2.21. The van der Waals surface area contributed by atoms with Gasteiger partial charge in [0.1, 0.15) is 5.15 Å². The molecule has 7 heteroatoms. The zero-order chi connectivity index (χ0) is 16.1. The largest absolute Gasteiger partial charge is 0.389 e. The lowest BCUT2D eigenvalue weighted by molar-refractivity contribution is 0.0310. The van der Waals surface area contributed by atoms with Gasteiger partial charge >= 0.3 is 0 Å². The molecule has 0 saturated carbocycles. The Hall–Kier alpha value is -0.660. The smallest absolute Gasteiger partial charge is 0.131 e. The maximum Gasteiger partial charge on any atom is 0.131 e. The van der Waals surface area contributed by atoms with Crippen molar-refractivity contribution in [3.8, 4) is 0 Å². The Bertz CT molecular complexity index is 472. The Morgan fingerprint density at radius 3 is 2.68 bits per heavy atom. The van der Waals surface area contributed by atoms with Crippen molar-refractivity contribution < 1.29 is 9.84 Å². The normalized spacial score (nSPS) is 18.8. The number of methoxy groups -OCH3 is 1. The Balaban J connectivity index is 1.73. The van der Waals surface area contributed by atoms with Gasteiger partial charge in [-0.05, 0) is 32.9 Å². The van der Waals surface area contributed by atoms with Gasteiger partial charge in [-0.1, -0.05) is 11.6 Å². The van der Waals surface area contributed by atoms with E-state index in [0.29, 0.717) is 24.3 Å². The number of aryl methyl sites for hydroxylation is 2. The molecule has 6 nitrogen and oxygen atoms in total. The van der Waals surface area contributed by atoms with E-state index >= 15 is 0 Å². The molecule has 0 aromatic carbocycles. The number of nitrogens with one attached hydrogen (secondary N) is 1. The molecule has 0 radical (unpaired) electrons. The fourth-order valence-electron chi connectivity index (χ4n) is 2.98. The number of piperidine rings is 1. The fourth-order valence-corrected chi connectivity index (χ4v) is 3.23. The highest BCUT2D eigenvalue weighted by atomic mass is 35.5. The number of aliphatic hydroxyl groups is 1. The van der Waals surface area contributed by atoms with Crippen molar-refractivity contribution in [2.75, 3.05) is 33.4 Å². The molecule has 22 heavy (non-hydrogen) atoms. The van der Waals surface area contributed by atoms with Gasteiger partial charge in [-0.3, -0.25) is 4.68 Å². The van der Waals surface area contributed by atoms with Crippen LogP contribution in [-0.2, 0) is 18.3 Å². The van der Waals surface area contributed by atoms with Crippen molar-refractivity contribution in [2.24, 2.45) is 7.05 Å². The number of aliphatic hydroxyl groups excluding tert-OH is 1. The molecule has 1 aliphatic rings. The molecular formula is C15H27ClN4O2. The van der Waals surface area contributed by atoms with Crippen LogP contribution in [0.15, 0.2) is 0 Å². The summed E-state index contributed by atoms with van der Waals surface area (Å²) in [5.74, 6) is 0. The molecule has 0 amide bonds. The summed E-state index contributed by atoms with van der Waals surface area (Å²) in [7, 11) is 3.48. The summed E-state index contributed by atoms with van der Waals surface area (Å²) in [5.41, 5.74) is 2.07. The zero-order valence-corrected chi connectivity index (χ0v) is 14.4. The number of hydrogen-bond donors (Lipinski definition) is 2. The molecule has 126 valence electrons. The maximum atomic E-state index is 9.78. The predicted octanol–water partition coefficient (Wildman–Crippen LogP) is 0.943.